The molecule has 2 rings (SSSR count). The predicted molar refractivity (Wildman–Crippen MR) is 83.1 cm³/mol. The van der Waals surface area contributed by atoms with E-state index in [1.807, 2.05) is 0 Å². The third-order valence-electron chi connectivity index (χ3n) is 3.65. The second kappa shape index (κ2) is 8.09. The molecule has 1 fully saturated rings. The number of likely N-dealkylation sites (tertiary alicyclic amines) is 1. The molecule has 25 heavy (non-hydrogen) atoms. The average Bonchev–Trinajstić information content (AvgIpc) is 2.54. The summed E-state index contributed by atoms with van der Waals surface area (Å²) in [5.74, 6) is -1.23. The first-order valence-electron chi connectivity index (χ1n) is 7.87. The van der Waals surface area contributed by atoms with E-state index in [0.717, 1.165) is 12.1 Å². The molecule has 1 heterocycles. The highest BCUT2D eigenvalue weighted by Crippen LogP contribution is 2.26. The molecular weight excluding hydrogens is 341 g/mol. The molecule has 1 aliphatic rings. The van der Waals surface area contributed by atoms with Gasteiger partial charge in [0.1, 0.15) is 5.75 Å². The fraction of sp³-hybridized carbons (Fsp3) is 0.500. The van der Waals surface area contributed by atoms with Crippen LogP contribution in [0, 0.1) is 5.92 Å². The maximum absolute atomic E-state index is 12.3. The lowest BCUT2D eigenvalue weighted by Crippen LogP contribution is -2.44. The molecule has 9 heteroatoms. The van der Waals surface area contributed by atoms with Gasteiger partial charge in [-0.2, -0.15) is 0 Å². The third kappa shape index (κ3) is 5.84. The molecule has 138 valence electrons. The number of amides is 2. The van der Waals surface area contributed by atoms with E-state index in [4.69, 9.17) is 4.74 Å². The molecule has 6 nitrogen and oxygen atoms in total. The first-order valence-corrected chi connectivity index (χ1v) is 7.87. The molecule has 0 aromatic heterocycles. The van der Waals surface area contributed by atoms with Gasteiger partial charge in [-0.05, 0) is 31.9 Å². The van der Waals surface area contributed by atoms with Gasteiger partial charge < -0.3 is 19.7 Å². The van der Waals surface area contributed by atoms with Crippen molar-refractivity contribution in [3.63, 3.8) is 0 Å². The number of halogens is 3. The largest absolute Gasteiger partial charge is 0.573 e. The summed E-state index contributed by atoms with van der Waals surface area (Å²) >= 11 is 0. The molecule has 1 unspecified atom stereocenters. The molecule has 1 aromatic rings. The van der Waals surface area contributed by atoms with Gasteiger partial charge in [-0.1, -0.05) is 6.07 Å². The zero-order chi connectivity index (χ0) is 18.4. The summed E-state index contributed by atoms with van der Waals surface area (Å²) in [6.45, 7) is 2.67. The lowest BCUT2D eigenvalue weighted by Gasteiger charge is -2.31. The number of benzene rings is 1. The number of anilines is 1. The molecule has 1 N–H and O–H groups in total. The fourth-order valence-corrected chi connectivity index (χ4v) is 2.59. The first-order chi connectivity index (χ1) is 11.8. The van der Waals surface area contributed by atoms with Crippen LogP contribution in [0.1, 0.15) is 19.8 Å². The Bertz CT molecular complexity index is 622. The monoisotopic (exact) mass is 360 g/mol. The minimum absolute atomic E-state index is 0.194. The molecule has 1 atom stereocenters. The highest BCUT2D eigenvalue weighted by Gasteiger charge is 2.32. The van der Waals surface area contributed by atoms with Crippen LogP contribution in [-0.4, -0.2) is 43.0 Å². The van der Waals surface area contributed by atoms with Crippen molar-refractivity contribution in [2.24, 2.45) is 5.92 Å². The van der Waals surface area contributed by atoms with Crippen molar-refractivity contribution >= 4 is 17.7 Å². The van der Waals surface area contributed by atoms with Crippen molar-refractivity contribution in [3.05, 3.63) is 24.3 Å². The number of nitrogens with one attached hydrogen (secondary N) is 1. The summed E-state index contributed by atoms with van der Waals surface area (Å²) < 4.78 is 45.5. The van der Waals surface area contributed by atoms with E-state index in [1.54, 1.807) is 6.92 Å². The Labute approximate surface area is 142 Å². The second-order valence-corrected chi connectivity index (χ2v) is 5.55. The van der Waals surface area contributed by atoms with Crippen molar-refractivity contribution in [2.75, 3.05) is 25.0 Å². The van der Waals surface area contributed by atoms with Crippen LogP contribution in [0.4, 0.5) is 23.7 Å². The number of hydrogen-bond acceptors (Lipinski definition) is 4. The van der Waals surface area contributed by atoms with Gasteiger partial charge in [-0.3, -0.25) is 4.79 Å². The summed E-state index contributed by atoms with van der Waals surface area (Å²) in [4.78, 5) is 25.5. The Morgan fingerprint density at radius 2 is 2.12 bits per heavy atom. The zero-order valence-corrected chi connectivity index (χ0v) is 13.6. The number of carbonyl (C=O) groups is 2. The van der Waals surface area contributed by atoms with Gasteiger partial charge in [0.25, 0.3) is 0 Å². The fourth-order valence-electron chi connectivity index (χ4n) is 2.59. The molecule has 2 amide bonds. The van der Waals surface area contributed by atoms with Crippen molar-refractivity contribution in [3.8, 4) is 5.75 Å². The van der Waals surface area contributed by atoms with E-state index >= 15 is 0 Å². The Balaban J connectivity index is 1.97. The quantitative estimate of drug-likeness (QED) is 0.894. The standard InChI is InChI=1S/C16H19F3N2O4/c1-2-24-15(23)21-8-4-5-11(10-21)14(22)20-12-6-3-7-13(9-12)25-16(17,18)19/h3,6-7,9,11H,2,4-5,8,10H2,1H3,(H,20,22). The lowest BCUT2D eigenvalue weighted by atomic mass is 9.97. The summed E-state index contributed by atoms with van der Waals surface area (Å²) in [6, 6.07) is 5.05. The maximum Gasteiger partial charge on any atom is 0.573 e. The van der Waals surface area contributed by atoms with Gasteiger partial charge in [-0.25, -0.2) is 4.79 Å². The Hall–Kier alpha value is -2.45. The Morgan fingerprint density at radius 3 is 2.80 bits per heavy atom. The zero-order valence-electron chi connectivity index (χ0n) is 13.6. The van der Waals surface area contributed by atoms with Gasteiger partial charge in [0.2, 0.25) is 5.91 Å². The van der Waals surface area contributed by atoms with Crippen LogP contribution in [0.5, 0.6) is 5.75 Å². The number of nitrogens with zero attached hydrogens (tertiary/aromatic N) is 1. The number of hydrogen-bond donors (Lipinski definition) is 1. The van der Waals surface area contributed by atoms with Gasteiger partial charge in [0, 0.05) is 24.8 Å². The summed E-state index contributed by atoms with van der Waals surface area (Å²) in [7, 11) is 0. The second-order valence-electron chi connectivity index (χ2n) is 5.55. The molecule has 1 aliphatic heterocycles. The van der Waals surface area contributed by atoms with Crippen LogP contribution in [0.15, 0.2) is 24.3 Å². The van der Waals surface area contributed by atoms with Crippen molar-refractivity contribution in [2.45, 2.75) is 26.1 Å². The van der Waals surface area contributed by atoms with Gasteiger partial charge >= 0.3 is 12.5 Å². The van der Waals surface area contributed by atoms with Crippen LogP contribution >= 0.6 is 0 Å². The lowest BCUT2D eigenvalue weighted by molar-refractivity contribution is -0.274. The van der Waals surface area contributed by atoms with Gasteiger partial charge in [-0.15, -0.1) is 13.2 Å². The summed E-state index contributed by atoms with van der Waals surface area (Å²) in [5, 5.41) is 2.56. The first kappa shape index (κ1) is 18.9. The molecule has 0 spiro atoms. The van der Waals surface area contributed by atoms with E-state index in [0.29, 0.717) is 19.4 Å². The van der Waals surface area contributed by atoms with Gasteiger partial charge in [0.05, 0.1) is 12.5 Å². The molecule has 0 bridgehead atoms. The predicted octanol–water partition coefficient (Wildman–Crippen LogP) is 3.39. The number of carbonyl (C=O) groups excluding carboxylic acids is 2. The van der Waals surface area contributed by atoms with E-state index in [2.05, 4.69) is 10.1 Å². The highest BCUT2D eigenvalue weighted by molar-refractivity contribution is 5.93. The Morgan fingerprint density at radius 1 is 1.36 bits per heavy atom. The summed E-state index contributed by atoms with van der Waals surface area (Å²) in [6.07, 6.45) is -4.04. The SMILES string of the molecule is CCOC(=O)N1CCCC(C(=O)Nc2cccc(OC(F)(F)F)c2)C1. The van der Waals surface area contributed by atoms with Crippen LogP contribution < -0.4 is 10.1 Å². The average molecular weight is 360 g/mol. The van der Waals surface area contributed by atoms with Gasteiger partial charge in [0.15, 0.2) is 0 Å². The number of piperidine rings is 1. The summed E-state index contributed by atoms with van der Waals surface area (Å²) in [5.41, 5.74) is 0.194. The highest BCUT2D eigenvalue weighted by atomic mass is 19.4. The molecular formula is C16H19F3N2O4. The Kier molecular flexibility index (Phi) is 6.11. The number of alkyl halides is 3. The van der Waals surface area contributed by atoms with Crippen molar-refractivity contribution < 1.29 is 32.2 Å². The number of ether oxygens (including phenoxy) is 2. The minimum atomic E-state index is -4.80. The van der Waals surface area contributed by atoms with Crippen LogP contribution in [-0.2, 0) is 9.53 Å². The van der Waals surface area contributed by atoms with Crippen LogP contribution in [0.25, 0.3) is 0 Å². The van der Waals surface area contributed by atoms with E-state index in [1.165, 1.54) is 17.0 Å². The molecule has 0 aliphatic carbocycles. The third-order valence-corrected chi connectivity index (χ3v) is 3.65. The van der Waals surface area contributed by atoms with E-state index in [-0.39, 0.29) is 24.7 Å². The van der Waals surface area contributed by atoms with Crippen LogP contribution in [0.3, 0.4) is 0 Å². The van der Waals surface area contributed by atoms with Crippen molar-refractivity contribution in [1.29, 1.82) is 0 Å². The topological polar surface area (TPSA) is 67.9 Å². The number of rotatable bonds is 4. The molecule has 1 aromatic carbocycles. The van der Waals surface area contributed by atoms with E-state index in [9.17, 15) is 22.8 Å². The maximum atomic E-state index is 12.3. The smallest absolute Gasteiger partial charge is 0.450 e. The van der Waals surface area contributed by atoms with E-state index < -0.39 is 24.1 Å². The normalized spacial score (nSPS) is 17.8. The molecule has 0 radical (unpaired) electrons. The molecule has 1 saturated heterocycles. The molecule has 0 saturated carbocycles. The van der Waals surface area contributed by atoms with Crippen molar-refractivity contribution in [1.82, 2.24) is 4.90 Å². The minimum Gasteiger partial charge on any atom is -0.450 e. The van der Waals surface area contributed by atoms with Crippen LogP contribution in [0.2, 0.25) is 0 Å².